The van der Waals surface area contributed by atoms with Gasteiger partial charge in [0.15, 0.2) is 0 Å². The molecule has 1 saturated heterocycles. The fourth-order valence-electron chi connectivity index (χ4n) is 3.91. The number of aryl methyl sites for hydroxylation is 1. The Balaban J connectivity index is 1.40. The molecule has 1 fully saturated rings. The second-order valence-electron chi connectivity index (χ2n) is 7.30. The molecular weight excluding hydrogens is 328 g/mol. The lowest BCUT2D eigenvalue weighted by Gasteiger charge is -2.22. The molecule has 7 heteroatoms. The summed E-state index contributed by atoms with van der Waals surface area (Å²) in [5.74, 6) is 2.56. The van der Waals surface area contributed by atoms with Crippen molar-refractivity contribution in [3.05, 3.63) is 35.8 Å². The summed E-state index contributed by atoms with van der Waals surface area (Å²) in [6.45, 7) is 8.84. The predicted octanol–water partition coefficient (Wildman–Crippen LogP) is 1.53. The minimum atomic E-state index is 0.691. The van der Waals surface area contributed by atoms with E-state index in [1.165, 1.54) is 17.7 Å². The number of hydrogen-bond acceptors (Lipinski definition) is 6. The zero-order chi connectivity index (χ0) is 17.8. The van der Waals surface area contributed by atoms with Crippen LogP contribution in [0.4, 0.5) is 5.82 Å². The molecule has 2 aliphatic rings. The molecule has 4 heterocycles. The third kappa shape index (κ3) is 4.22. The van der Waals surface area contributed by atoms with Gasteiger partial charge in [0.05, 0.1) is 18.6 Å². The van der Waals surface area contributed by atoms with Gasteiger partial charge in [0.1, 0.15) is 11.6 Å². The first-order chi connectivity index (χ1) is 12.8. The van der Waals surface area contributed by atoms with E-state index in [9.17, 15) is 0 Å². The van der Waals surface area contributed by atoms with Crippen molar-refractivity contribution >= 4 is 5.82 Å². The molecule has 140 valence electrons. The lowest BCUT2D eigenvalue weighted by atomic mass is 10.1. The maximum absolute atomic E-state index is 5.54. The average Bonchev–Trinajstić information content (AvgIpc) is 3.28. The SMILES string of the molecule is Cc1nc2c(c(NCCn3ccnc3)n1)CCN(CC1CCOC1)CC2. The van der Waals surface area contributed by atoms with Gasteiger partial charge in [-0.15, -0.1) is 0 Å². The highest BCUT2D eigenvalue weighted by molar-refractivity contribution is 5.47. The van der Waals surface area contributed by atoms with E-state index < -0.39 is 0 Å². The zero-order valence-electron chi connectivity index (χ0n) is 15.5. The number of ether oxygens (including phenoxy) is 1. The second kappa shape index (κ2) is 8.14. The summed E-state index contributed by atoms with van der Waals surface area (Å²) in [6.07, 6.45) is 8.85. The number of nitrogens with zero attached hydrogens (tertiary/aromatic N) is 5. The van der Waals surface area contributed by atoms with Crippen molar-refractivity contribution < 1.29 is 4.74 Å². The van der Waals surface area contributed by atoms with Gasteiger partial charge in [0.25, 0.3) is 0 Å². The van der Waals surface area contributed by atoms with Crippen LogP contribution in [-0.2, 0) is 24.1 Å². The maximum atomic E-state index is 5.54. The molecule has 1 atom stereocenters. The highest BCUT2D eigenvalue weighted by Crippen LogP contribution is 2.23. The third-order valence-corrected chi connectivity index (χ3v) is 5.31. The lowest BCUT2D eigenvalue weighted by molar-refractivity contribution is 0.168. The molecule has 0 saturated carbocycles. The Morgan fingerprint density at radius 2 is 2.19 bits per heavy atom. The molecule has 0 spiro atoms. The smallest absolute Gasteiger partial charge is 0.133 e. The number of rotatable bonds is 6. The van der Waals surface area contributed by atoms with Crippen LogP contribution >= 0.6 is 0 Å². The number of imidazole rings is 1. The normalized spacial score (nSPS) is 20.7. The summed E-state index contributed by atoms with van der Waals surface area (Å²) < 4.78 is 7.61. The Kier molecular flexibility index (Phi) is 5.45. The Bertz CT molecular complexity index is 711. The number of nitrogens with one attached hydrogen (secondary N) is 1. The number of fused-ring (bicyclic) bond motifs is 1. The van der Waals surface area contributed by atoms with Crippen LogP contribution in [-0.4, -0.2) is 63.8 Å². The summed E-state index contributed by atoms with van der Waals surface area (Å²) in [5.41, 5.74) is 2.51. The molecular formula is C19H28N6O. The van der Waals surface area contributed by atoms with E-state index in [0.29, 0.717) is 5.92 Å². The van der Waals surface area contributed by atoms with Crippen LogP contribution in [0.2, 0.25) is 0 Å². The van der Waals surface area contributed by atoms with Crippen molar-refractivity contribution in [2.45, 2.75) is 32.7 Å². The summed E-state index contributed by atoms with van der Waals surface area (Å²) in [7, 11) is 0. The molecule has 0 bridgehead atoms. The van der Waals surface area contributed by atoms with Gasteiger partial charge in [-0.2, -0.15) is 0 Å². The second-order valence-corrected chi connectivity index (χ2v) is 7.30. The van der Waals surface area contributed by atoms with E-state index in [1.54, 1.807) is 0 Å². The van der Waals surface area contributed by atoms with Crippen LogP contribution in [0.5, 0.6) is 0 Å². The van der Waals surface area contributed by atoms with Gasteiger partial charge in [-0.05, 0) is 25.7 Å². The van der Waals surface area contributed by atoms with Crippen molar-refractivity contribution in [1.29, 1.82) is 0 Å². The van der Waals surface area contributed by atoms with Crippen molar-refractivity contribution in [2.75, 3.05) is 44.7 Å². The van der Waals surface area contributed by atoms with Crippen molar-refractivity contribution in [3.8, 4) is 0 Å². The Hall–Kier alpha value is -1.99. The molecule has 2 aliphatic heterocycles. The molecule has 0 amide bonds. The van der Waals surface area contributed by atoms with Crippen molar-refractivity contribution in [3.63, 3.8) is 0 Å². The predicted molar refractivity (Wildman–Crippen MR) is 100 cm³/mol. The molecule has 7 nitrogen and oxygen atoms in total. The zero-order valence-corrected chi connectivity index (χ0v) is 15.5. The fourth-order valence-corrected chi connectivity index (χ4v) is 3.91. The van der Waals surface area contributed by atoms with Crippen LogP contribution in [0, 0.1) is 12.8 Å². The molecule has 26 heavy (non-hydrogen) atoms. The third-order valence-electron chi connectivity index (χ3n) is 5.31. The molecule has 2 aromatic heterocycles. The molecule has 0 radical (unpaired) electrons. The molecule has 2 aromatic rings. The van der Waals surface area contributed by atoms with Gasteiger partial charge < -0.3 is 19.5 Å². The monoisotopic (exact) mass is 356 g/mol. The highest BCUT2D eigenvalue weighted by Gasteiger charge is 2.23. The molecule has 1 N–H and O–H groups in total. The fraction of sp³-hybridized carbons (Fsp3) is 0.632. The molecule has 0 aromatic carbocycles. The van der Waals surface area contributed by atoms with Gasteiger partial charge >= 0.3 is 0 Å². The standard InChI is InChI=1S/C19H28N6O/c1-15-22-18-3-8-24(12-16-4-11-26-13-16)7-2-17(18)19(23-15)21-6-10-25-9-5-20-14-25/h5,9,14,16H,2-4,6-8,10-13H2,1H3,(H,21,22,23). The van der Waals surface area contributed by atoms with Crippen LogP contribution in [0.3, 0.4) is 0 Å². The molecule has 4 rings (SSSR count). The highest BCUT2D eigenvalue weighted by atomic mass is 16.5. The van der Waals surface area contributed by atoms with E-state index in [0.717, 1.165) is 70.4 Å². The Labute approximate surface area is 154 Å². The maximum Gasteiger partial charge on any atom is 0.133 e. The van der Waals surface area contributed by atoms with Crippen LogP contribution in [0.25, 0.3) is 0 Å². The van der Waals surface area contributed by atoms with E-state index in [2.05, 4.69) is 24.8 Å². The van der Waals surface area contributed by atoms with Crippen LogP contribution in [0.1, 0.15) is 23.5 Å². The quantitative estimate of drug-likeness (QED) is 0.847. The molecule has 1 unspecified atom stereocenters. The number of hydrogen-bond donors (Lipinski definition) is 1. The number of anilines is 1. The van der Waals surface area contributed by atoms with Gasteiger partial charge in [0.2, 0.25) is 0 Å². The summed E-state index contributed by atoms with van der Waals surface area (Å²) >= 11 is 0. The summed E-state index contributed by atoms with van der Waals surface area (Å²) in [4.78, 5) is 16.1. The van der Waals surface area contributed by atoms with Gasteiger partial charge in [-0.25, -0.2) is 15.0 Å². The Morgan fingerprint density at radius 3 is 3.00 bits per heavy atom. The topological polar surface area (TPSA) is 68.1 Å². The van der Waals surface area contributed by atoms with Gasteiger partial charge in [-0.3, -0.25) is 0 Å². The number of aromatic nitrogens is 4. The van der Waals surface area contributed by atoms with Crippen LogP contribution in [0.15, 0.2) is 18.7 Å². The van der Waals surface area contributed by atoms with E-state index in [1.807, 2.05) is 25.6 Å². The lowest BCUT2D eigenvalue weighted by Crippen LogP contribution is -2.32. The minimum absolute atomic E-state index is 0.691. The first-order valence-electron chi connectivity index (χ1n) is 9.64. The first-order valence-corrected chi connectivity index (χ1v) is 9.64. The van der Waals surface area contributed by atoms with Crippen LogP contribution < -0.4 is 5.32 Å². The average molecular weight is 356 g/mol. The van der Waals surface area contributed by atoms with E-state index >= 15 is 0 Å². The first kappa shape index (κ1) is 17.4. The van der Waals surface area contributed by atoms with Crippen molar-refractivity contribution in [1.82, 2.24) is 24.4 Å². The van der Waals surface area contributed by atoms with Gasteiger partial charge in [-0.1, -0.05) is 0 Å². The summed E-state index contributed by atoms with van der Waals surface area (Å²) in [6, 6.07) is 0. The van der Waals surface area contributed by atoms with Gasteiger partial charge in [0, 0.05) is 63.7 Å². The molecule has 0 aliphatic carbocycles. The minimum Gasteiger partial charge on any atom is -0.381 e. The van der Waals surface area contributed by atoms with E-state index in [4.69, 9.17) is 9.72 Å². The largest absolute Gasteiger partial charge is 0.381 e. The van der Waals surface area contributed by atoms with Crippen molar-refractivity contribution in [2.24, 2.45) is 5.92 Å². The summed E-state index contributed by atoms with van der Waals surface area (Å²) in [5, 5.41) is 3.53. The Morgan fingerprint density at radius 1 is 1.27 bits per heavy atom. The van der Waals surface area contributed by atoms with E-state index in [-0.39, 0.29) is 0 Å².